The molecule has 1 aliphatic carbocycles. The fourth-order valence-electron chi connectivity index (χ4n) is 2.69. The SMILES string of the molecule is Cc1cc([N+](=O)[O-])c(Cl)cc1-n1nc(N)c2c1CCC2. The van der Waals surface area contributed by atoms with Crippen LogP contribution in [0.15, 0.2) is 12.1 Å². The zero-order chi connectivity index (χ0) is 14.4. The molecule has 0 bridgehead atoms. The number of rotatable bonds is 2. The Balaban J connectivity index is 2.19. The molecule has 0 atom stereocenters. The summed E-state index contributed by atoms with van der Waals surface area (Å²) in [6.45, 7) is 1.80. The average Bonchev–Trinajstić information content (AvgIpc) is 2.96. The highest BCUT2D eigenvalue weighted by molar-refractivity contribution is 6.32. The van der Waals surface area contributed by atoms with E-state index in [2.05, 4.69) is 5.10 Å². The molecule has 0 fully saturated rings. The molecule has 0 radical (unpaired) electrons. The third-order valence-corrected chi connectivity index (χ3v) is 3.95. The molecule has 1 heterocycles. The van der Waals surface area contributed by atoms with Gasteiger partial charge < -0.3 is 5.73 Å². The minimum absolute atomic E-state index is 0.0929. The highest BCUT2D eigenvalue weighted by Crippen LogP contribution is 2.33. The first-order valence-corrected chi connectivity index (χ1v) is 6.68. The Morgan fingerprint density at radius 2 is 2.20 bits per heavy atom. The fourth-order valence-corrected chi connectivity index (χ4v) is 2.92. The number of nitrogens with zero attached hydrogens (tertiary/aromatic N) is 3. The molecule has 6 nitrogen and oxygen atoms in total. The predicted molar refractivity (Wildman–Crippen MR) is 76.4 cm³/mol. The summed E-state index contributed by atoms with van der Waals surface area (Å²) in [5, 5.41) is 15.3. The van der Waals surface area contributed by atoms with Crippen molar-refractivity contribution in [1.29, 1.82) is 0 Å². The third-order valence-electron chi connectivity index (χ3n) is 3.65. The Labute approximate surface area is 120 Å². The summed E-state index contributed by atoms with van der Waals surface area (Å²) in [6, 6.07) is 3.05. The molecule has 0 saturated carbocycles. The molecule has 20 heavy (non-hydrogen) atoms. The molecule has 1 aromatic carbocycles. The van der Waals surface area contributed by atoms with E-state index in [-0.39, 0.29) is 10.7 Å². The van der Waals surface area contributed by atoms with Crippen molar-refractivity contribution < 1.29 is 4.92 Å². The van der Waals surface area contributed by atoms with Crippen molar-refractivity contribution >= 4 is 23.1 Å². The average molecular weight is 293 g/mol. The van der Waals surface area contributed by atoms with Gasteiger partial charge in [0.25, 0.3) is 5.69 Å². The van der Waals surface area contributed by atoms with Crippen molar-refractivity contribution in [2.24, 2.45) is 0 Å². The van der Waals surface area contributed by atoms with Crippen molar-refractivity contribution in [3.8, 4) is 5.69 Å². The molecule has 0 unspecified atom stereocenters. The van der Waals surface area contributed by atoms with Crippen LogP contribution in [0.25, 0.3) is 5.69 Å². The number of aryl methyl sites for hydroxylation is 1. The highest BCUT2D eigenvalue weighted by Gasteiger charge is 2.24. The molecule has 0 aliphatic heterocycles. The molecule has 104 valence electrons. The molecule has 7 heteroatoms. The summed E-state index contributed by atoms with van der Waals surface area (Å²) in [7, 11) is 0. The van der Waals surface area contributed by atoms with E-state index in [1.54, 1.807) is 17.7 Å². The number of hydrogen-bond acceptors (Lipinski definition) is 4. The Bertz CT molecular complexity index is 724. The summed E-state index contributed by atoms with van der Waals surface area (Å²) >= 11 is 5.99. The standard InChI is InChI=1S/C13H13ClN4O2/c1-7-5-12(18(19)20)9(14)6-11(7)17-10-4-2-3-8(10)13(15)16-17/h5-6H,2-4H2,1H3,(H2,15,16). The van der Waals surface area contributed by atoms with Crippen molar-refractivity contribution in [2.45, 2.75) is 26.2 Å². The molecule has 2 N–H and O–H groups in total. The molecule has 2 aromatic rings. The van der Waals surface area contributed by atoms with E-state index < -0.39 is 4.92 Å². The van der Waals surface area contributed by atoms with Gasteiger partial charge in [0, 0.05) is 17.3 Å². The molecule has 3 rings (SSSR count). The van der Waals surface area contributed by atoms with E-state index in [4.69, 9.17) is 17.3 Å². The Hall–Kier alpha value is -2.08. The van der Waals surface area contributed by atoms with Crippen molar-refractivity contribution in [2.75, 3.05) is 5.73 Å². The van der Waals surface area contributed by atoms with Gasteiger partial charge in [-0.3, -0.25) is 10.1 Å². The Morgan fingerprint density at radius 1 is 1.45 bits per heavy atom. The van der Waals surface area contributed by atoms with Crippen molar-refractivity contribution in [1.82, 2.24) is 9.78 Å². The molecule has 0 spiro atoms. The Kier molecular flexibility index (Phi) is 2.90. The second-order valence-corrected chi connectivity index (χ2v) is 5.33. The molecule has 1 aliphatic rings. The summed E-state index contributed by atoms with van der Waals surface area (Å²) in [5.74, 6) is 0.534. The van der Waals surface area contributed by atoms with Gasteiger partial charge in [-0.2, -0.15) is 5.10 Å². The van der Waals surface area contributed by atoms with Crippen LogP contribution in [-0.4, -0.2) is 14.7 Å². The zero-order valence-electron chi connectivity index (χ0n) is 10.9. The van der Waals surface area contributed by atoms with Crippen LogP contribution in [0.1, 0.15) is 23.2 Å². The van der Waals surface area contributed by atoms with Gasteiger partial charge in [-0.1, -0.05) is 11.6 Å². The Morgan fingerprint density at radius 3 is 2.90 bits per heavy atom. The molecule has 0 saturated heterocycles. The number of aromatic nitrogens is 2. The smallest absolute Gasteiger partial charge is 0.288 e. The van der Waals surface area contributed by atoms with E-state index in [0.717, 1.165) is 41.8 Å². The lowest BCUT2D eigenvalue weighted by Gasteiger charge is -2.09. The van der Waals surface area contributed by atoms with E-state index >= 15 is 0 Å². The first-order chi connectivity index (χ1) is 9.49. The molecule has 0 amide bonds. The van der Waals surface area contributed by atoms with Crippen LogP contribution in [0.4, 0.5) is 11.5 Å². The lowest BCUT2D eigenvalue weighted by atomic mass is 10.1. The van der Waals surface area contributed by atoms with Crippen LogP contribution in [-0.2, 0) is 12.8 Å². The van der Waals surface area contributed by atoms with Crippen LogP contribution >= 0.6 is 11.6 Å². The van der Waals surface area contributed by atoms with Gasteiger partial charge in [-0.05, 0) is 37.8 Å². The monoisotopic (exact) mass is 292 g/mol. The predicted octanol–water partition coefficient (Wildman–Crippen LogP) is 2.81. The van der Waals surface area contributed by atoms with Gasteiger partial charge in [0.2, 0.25) is 0 Å². The summed E-state index contributed by atoms with van der Waals surface area (Å²) in [4.78, 5) is 10.4. The largest absolute Gasteiger partial charge is 0.382 e. The van der Waals surface area contributed by atoms with Gasteiger partial charge >= 0.3 is 0 Å². The van der Waals surface area contributed by atoms with E-state index in [1.165, 1.54) is 6.07 Å². The quantitative estimate of drug-likeness (QED) is 0.681. The number of hydrogen-bond donors (Lipinski definition) is 1. The van der Waals surface area contributed by atoms with Crippen LogP contribution in [0.5, 0.6) is 0 Å². The lowest BCUT2D eigenvalue weighted by molar-refractivity contribution is -0.384. The zero-order valence-corrected chi connectivity index (χ0v) is 11.6. The summed E-state index contributed by atoms with van der Waals surface area (Å²) < 4.78 is 1.77. The maximum absolute atomic E-state index is 10.9. The number of nitrogens with two attached hydrogens (primary N) is 1. The van der Waals surface area contributed by atoms with Gasteiger partial charge in [-0.25, -0.2) is 4.68 Å². The number of nitro groups is 1. The number of nitrogen functional groups attached to an aromatic ring is 1. The van der Waals surface area contributed by atoms with Gasteiger partial charge in [0.05, 0.1) is 10.6 Å². The minimum atomic E-state index is -0.485. The maximum Gasteiger partial charge on any atom is 0.288 e. The minimum Gasteiger partial charge on any atom is -0.382 e. The van der Waals surface area contributed by atoms with E-state index in [9.17, 15) is 10.1 Å². The van der Waals surface area contributed by atoms with Crippen LogP contribution in [0.3, 0.4) is 0 Å². The summed E-state index contributed by atoms with van der Waals surface area (Å²) in [5.41, 5.74) is 9.49. The lowest BCUT2D eigenvalue weighted by Crippen LogP contribution is -2.05. The first-order valence-electron chi connectivity index (χ1n) is 6.30. The van der Waals surface area contributed by atoms with Crippen LogP contribution in [0, 0.1) is 17.0 Å². The van der Waals surface area contributed by atoms with Crippen LogP contribution in [0.2, 0.25) is 5.02 Å². The number of halogens is 1. The van der Waals surface area contributed by atoms with E-state index in [0.29, 0.717) is 5.82 Å². The molecular formula is C13H13ClN4O2. The third kappa shape index (κ3) is 1.84. The normalized spacial score (nSPS) is 13.5. The topological polar surface area (TPSA) is 87.0 Å². The van der Waals surface area contributed by atoms with Crippen LogP contribution < -0.4 is 5.73 Å². The first kappa shape index (κ1) is 12.9. The van der Waals surface area contributed by atoms with Gasteiger partial charge in [0.1, 0.15) is 10.8 Å². The number of fused-ring (bicyclic) bond motifs is 1. The molecule has 1 aromatic heterocycles. The number of anilines is 1. The highest BCUT2D eigenvalue weighted by atomic mass is 35.5. The van der Waals surface area contributed by atoms with Gasteiger partial charge in [-0.15, -0.1) is 0 Å². The second kappa shape index (κ2) is 4.49. The fraction of sp³-hybridized carbons (Fsp3) is 0.308. The number of benzene rings is 1. The number of nitro benzene ring substituents is 1. The van der Waals surface area contributed by atoms with Crippen molar-refractivity contribution in [3.05, 3.63) is 44.1 Å². The molecular weight excluding hydrogens is 280 g/mol. The van der Waals surface area contributed by atoms with Gasteiger partial charge in [0.15, 0.2) is 0 Å². The van der Waals surface area contributed by atoms with Crippen molar-refractivity contribution in [3.63, 3.8) is 0 Å². The maximum atomic E-state index is 10.9. The second-order valence-electron chi connectivity index (χ2n) is 4.92. The van der Waals surface area contributed by atoms with E-state index in [1.807, 2.05) is 0 Å². The summed E-state index contributed by atoms with van der Waals surface area (Å²) in [6.07, 6.45) is 2.89.